The van der Waals surface area contributed by atoms with E-state index in [4.69, 9.17) is 15.5 Å². The van der Waals surface area contributed by atoms with Crippen LogP contribution in [0.2, 0.25) is 0 Å². The predicted octanol–water partition coefficient (Wildman–Crippen LogP) is 0.983. The Morgan fingerprint density at radius 2 is 2.23 bits per heavy atom. The minimum absolute atomic E-state index is 0.191. The van der Waals surface area contributed by atoms with Gasteiger partial charge in [0.1, 0.15) is 11.3 Å². The molecule has 0 radical (unpaired) electrons. The van der Waals surface area contributed by atoms with Crippen LogP contribution >= 0.6 is 0 Å². The quantitative estimate of drug-likeness (QED) is 0.463. The second kappa shape index (κ2) is 3.45. The van der Waals surface area contributed by atoms with Crippen molar-refractivity contribution in [2.75, 3.05) is 5.32 Å². The summed E-state index contributed by atoms with van der Waals surface area (Å²) in [6, 6.07) is 3.79. The number of phenols is 1. The van der Waals surface area contributed by atoms with Crippen LogP contribution < -0.4 is 5.32 Å². The standard InChI is InChI=1S/C8H6N2O3/c9-4-10-5-1-2-6(8(12)13)7(11)3-5/h1-3,10-11H,(H,12,13). The molecule has 5 nitrogen and oxygen atoms in total. The number of hydrogen-bond acceptors (Lipinski definition) is 4. The van der Waals surface area contributed by atoms with Gasteiger partial charge >= 0.3 is 5.97 Å². The molecule has 0 aliphatic rings. The summed E-state index contributed by atoms with van der Waals surface area (Å²) in [5.74, 6) is -1.58. The zero-order valence-electron chi connectivity index (χ0n) is 6.48. The first-order valence-corrected chi connectivity index (χ1v) is 3.36. The van der Waals surface area contributed by atoms with E-state index < -0.39 is 5.97 Å². The SMILES string of the molecule is N#CNc1ccc(C(=O)O)c(O)c1. The Labute approximate surface area is 73.9 Å². The first-order valence-electron chi connectivity index (χ1n) is 3.36. The van der Waals surface area contributed by atoms with E-state index in [-0.39, 0.29) is 11.3 Å². The largest absolute Gasteiger partial charge is 0.507 e. The van der Waals surface area contributed by atoms with Crippen molar-refractivity contribution < 1.29 is 15.0 Å². The highest BCUT2D eigenvalue weighted by atomic mass is 16.4. The lowest BCUT2D eigenvalue weighted by Gasteiger charge is -2.01. The highest BCUT2D eigenvalue weighted by Crippen LogP contribution is 2.21. The molecule has 13 heavy (non-hydrogen) atoms. The molecule has 1 aromatic rings. The average Bonchev–Trinajstić information content (AvgIpc) is 2.04. The van der Waals surface area contributed by atoms with E-state index in [0.29, 0.717) is 5.69 Å². The molecule has 0 spiro atoms. The van der Waals surface area contributed by atoms with Crippen LogP contribution in [0.4, 0.5) is 5.69 Å². The van der Waals surface area contributed by atoms with E-state index in [1.54, 1.807) is 6.19 Å². The van der Waals surface area contributed by atoms with Gasteiger partial charge < -0.3 is 10.2 Å². The molecule has 0 heterocycles. The third kappa shape index (κ3) is 1.87. The van der Waals surface area contributed by atoms with Gasteiger partial charge in [-0.05, 0) is 12.1 Å². The Hall–Kier alpha value is -2.22. The van der Waals surface area contributed by atoms with Gasteiger partial charge in [-0.15, -0.1) is 0 Å². The van der Waals surface area contributed by atoms with E-state index in [1.165, 1.54) is 18.2 Å². The van der Waals surface area contributed by atoms with Crippen LogP contribution in [-0.4, -0.2) is 16.2 Å². The topological polar surface area (TPSA) is 93.4 Å². The fourth-order valence-corrected chi connectivity index (χ4v) is 0.855. The van der Waals surface area contributed by atoms with Gasteiger partial charge in [-0.25, -0.2) is 4.79 Å². The number of aromatic carboxylic acids is 1. The molecule has 0 aliphatic heterocycles. The number of hydrogen-bond donors (Lipinski definition) is 3. The van der Waals surface area contributed by atoms with E-state index in [1.807, 2.05) is 0 Å². The maximum Gasteiger partial charge on any atom is 0.339 e. The van der Waals surface area contributed by atoms with Crippen molar-refractivity contribution in [2.24, 2.45) is 0 Å². The van der Waals surface area contributed by atoms with Gasteiger partial charge in [-0.1, -0.05) is 0 Å². The Balaban J connectivity index is 3.07. The smallest absolute Gasteiger partial charge is 0.339 e. The van der Waals surface area contributed by atoms with Gasteiger partial charge in [-0.3, -0.25) is 5.32 Å². The lowest BCUT2D eigenvalue weighted by molar-refractivity contribution is 0.0694. The van der Waals surface area contributed by atoms with Crippen LogP contribution in [0.5, 0.6) is 5.75 Å². The zero-order valence-corrected chi connectivity index (χ0v) is 6.48. The zero-order chi connectivity index (χ0) is 9.84. The van der Waals surface area contributed by atoms with Gasteiger partial charge in [0.15, 0.2) is 6.19 Å². The lowest BCUT2D eigenvalue weighted by Crippen LogP contribution is -1.97. The lowest BCUT2D eigenvalue weighted by atomic mass is 10.2. The summed E-state index contributed by atoms with van der Waals surface area (Å²) in [7, 11) is 0. The number of nitrogens with one attached hydrogen (secondary N) is 1. The van der Waals surface area contributed by atoms with E-state index in [2.05, 4.69) is 5.32 Å². The highest BCUT2D eigenvalue weighted by Gasteiger charge is 2.08. The summed E-state index contributed by atoms with van der Waals surface area (Å²) in [6.45, 7) is 0. The second-order valence-electron chi connectivity index (χ2n) is 2.27. The Morgan fingerprint density at radius 1 is 1.54 bits per heavy atom. The van der Waals surface area contributed by atoms with Crippen molar-refractivity contribution in [3.63, 3.8) is 0 Å². The van der Waals surface area contributed by atoms with Gasteiger partial charge in [0.25, 0.3) is 0 Å². The predicted molar refractivity (Wildman–Crippen MR) is 44.3 cm³/mol. The number of aromatic hydroxyl groups is 1. The fraction of sp³-hybridized carbons (Fsp3) is 0. The molecule has 1 rings (SSSR count). The minimum atomic E-state index is -1.21. The molecule has 0 saturated heterocycles. The van der Waals surface area contributed by atoms with Crippen LogP contribution in [0.1, 0.15) is 10.4 Å². The number of carbonyl (C=O) groups is 1. The van der Waals surface area contributed by atoms with Crippen molar-refractivity contribution in [2.45, 2.75) is 0 Å². The van der Waals surface area contributed by atoms with E-state index in [9.17, 15) is 4.79 Å². The first-order chi connectivity index (χ1) is 6.15. The van der Waals surface area contributed by atoms with Crippen molar-refractivity contribution >= 4 is 11.7 Å². The number of carboxylic acids is 1. The third-order valence-corrected chi connectivity index (χ3v) is 1.43. The molecule has 0 aromatic heterocycles. The van der Waals surface area contributed by atoms with Crippen LogP contribution in [0.3, 0.4) is 0 Å². The molecule has 3 N–H and O–H groups in total. The van der Waals surface area contributed by atoms with Crippen molar-refractivity contribution in [1.29, 1.82) is 5.26 Å². The monoisotopic (exact) mass is 178 g/mol. The highest BCUT2D eigenvalue weighted by molar-refractivity contribution is 5.91. The van der Waals surface area contributed by atoms with E-state index >= 15 is 0 Å². The Morgan fingerprint density at radius 3 is 2.69 bits per heavy atom. The maximum atomic E-state index is 10.4. The summed E-state index contributed by atoms with van der Waals surface area (Å²) in [5, 5.41) is 28.2. The molecule has 0 aliphatic carbocycles. The molecule has 0 fully saturated rings. The summed E-state index contributed by atoms with van der Waals surface area (Å²) in [4.78, 5) is 10.4. The van der Waals surface area contributed by atoms with Gasteiger partial charge in [0, 0.05) is 6.07 Å². The van der Waals surface area contributed by atoms with Crippen molar-refractivity contribution in [3.8, 4) is 11.9 Å². The molecule has 5 heteroatoms. The number of anilines is 1. The number of rotatable bonds is 2. The van der Waals surface area contributed by atoms with E-state index in [0.717, 1.165) is 0 Å². The van der Waals surface area contributed by atoms with Gasteiger partial charge in [0.05, 0.1) is 5.69 Å². The molecular weight excluding hydrogens is 172 g/mol. The fourth-order valence-electron chi connectivity index (χ4n) is 0.855. The van der Waals surface area contributed by atoms with Gasteiger partial charge in [-0.2, -0.15) is 5.26 Å². The molecule has 0 saturated carbocycles. The normalized spacial score (nSPS) is 8.85. The number of benzene rings is 1. The summed E-state index contributed by atoms with van der Waals surface area (Å²) in [5.41, 5.74) is 0.161. The summed E-state index contributed by atoms with van der Waals surface area (Å²) in [6.07, 6.45) is 1.65. The molecular formula is C8H6N2O3. The number of nitrogens with zero attached hydrogens (tertiary/aromatic N) is 1. The summed E-state index contributed by atoms with van der Waals surface area (Å²) < 4.78 is 0. The summed E-state index contributed by atoms with van der Waals surface area (Å²) >= 11 is 0. The Bertz CT molecular complexity index is 381. The molecule has 0 unspecified atom stereocenters. The Kier molecular flexibility index (Phi) is 2.36. The third-order valence-electron chi connectivity index (χ3n) is 1.43. The second-order valence-corrected chi connectivity index (χ2v) is 2.27. The van der Waals surface area contributed by atoms with Crippen LogP contribution in [-0.2, 0) is 0 Å². The van der Waals surface area contributed by atoms with Crippen molar-refractivity contribution in [1.82, 2.24) is 0 Å². The number of carboxylic acid groups (broad SMARTS) is 1. The molecule has 0 amide bonds. The van der Waals surface area contributed by atoms with Gasteiger partial charge in [0.2, 0.25) is 0 Å². The number of nitriles is 1. The molecule has 0 bridgehead atoms. The van der Waals surface area contributed by atoms with Crippen LogP contribution in [0.15, 0.2) is 18.2 Å². The average molecular weight is 178 g/mol. The van der Waals surface area contributed by atoms with Crippen LogP contribution in [0, 0.1) is 11.5 Å². The van der Waals surface area contributed by atoms with Crippen LogP contribution in [0.25, 0.3) is 0 Å². The van der Waals surface area contributed by atoms with Crippen molar-refractivity contribution in [3.05, 3.63) is 23.8 Å². The first kappa shape index (κ1) is 8.87. The maximum absolute atomic E-state index is 10.4. The minimum Gasteiger partial charge on any atom is -0.507 e. The molecule has 66 valence electrons. The molecule has 0 atom stereocenters. The molecule has 1 aromatic carbocycles.